The zero-order valence-electron chi connectivity index (χ0n) is 9.58. The first-order chi connectivity index (χ1) is 8.29. The van der Waals surface area contributed by atoms with Crippen molar-refractivity contribution in [3.8, 4) is 5.88 Å². The van der Waals surface area contributed by atoms with Gasteiger partial charge in [0.1, 0.15) is 0 Å². The van der Waals surface area contributed by atoms with E-state index in [2.05, 4.69) is 9.97 Å². The fourth-order valence-corrected chi connectivity index (χ4v) is 1.54. The zero-order valence-corrected chi connectivity index (χ0v) is 9.58. The molecule has 2 heterocycles. The summed E-state index contributed by atoms with van der Waals surface area (Å²) < 4.78 is 4.96. The molecule has 0 saturated carbocycles. The highest BCUT2D eigenvalue weighted by atomic mass is 16.5. The number of pyridine rings is 2. The second-order valence-corrected chi connectivity index (χ2v) is 3.67. The number of ether oxygens (including phenoxy) is 1. The average Bonchev–Trinajstić information content (AvgIpc) is 2.40. The number of hydrogen-bond acceptors (Lipinski definition) is 4. The average molecular weight is 230 g/mol. The molecule has 0 spiro atoms. The Labute approximate surface area is 99.9 Å². The SMILES string of the molecule is COc1ccc(C(O)Cc2ccccn2)cn1. The number of aliphatic hydroxyl groups excluding tert-OH is 1. The topological polar surface area (TPSA) is 55.2 Å². The maximum absolute atomic E-state index is 10.0. The maximum atomic E-state index is 10.0. The van der Waals surface area contributed by atoms with E-state index in [0.717, 1.165) is 11.3 Å². The molecule has 2 aromatic rings. The predicted molar refractivity (Wildman–Crippen MR) is 63.7 cm³/mol. The molecule has 0 bridgehead atoms. The Morgan fingerprint density at radius 2 is 2.12 bits per heavy atom. The van der Waals surface area contributed by atoms with Gasteiger partial charge in [0.15, 0.2) is 0 Å². The van der Waals surface area contributed by atoms with Crippen LogP contribution < -0.4 is 4.74 Å². The van der Waals surface area contributed by atoms with Gasteiger partial charge in [0.25, 0.3) is 0 Å². The Morgan fingerprint density at radius 3 is 2.71 bits per heavy atom. The Kier molecular flexibility index (Phi) is 3.67. The first kappa shape index (κ1) is 11.5. The van der Waals surface area contributed by atoms with Crippen molar-refractivity contribution in [3.63, 3.8) is 0 Å². The number of rotatable bonds is 4. The van der Waals surface area contributed by atoms with Gasteiger partial charge in [-0.1, -0.05) is 6.07 Å². The van der Waals surface area contributed by atoms with E-state index in [0.29, 0.717) is 12.3 Å². The van der Waals surface area contributed by atoms with Crippen molar-refractivity contribution in [2.24, 2.45) is 0 Å². The third-order valence-corrected chi connectivity index (χ3v) is 2.48. The van der Waals surface area contributed by atoms with E-state index in [1.165, 1.54) is 0 Å². The largest absolute Gasteiger partial charge is 0.481 e. The minimum absolute atomic E-state index is 0.481. The van der Waals surface area contributed by atoms with Crippen LogP contribution in [-0.4, -0.2) is 22.2 Å². The van der Waals surface area contributed by atoms with Crippen molar-refractivity contribution >= 4 is 0 Å². The molecule has 1 atom stereocenters. The van der Waals surface area contributed by atoms with Gasteiger partial charge in [-0.3, -0.25) is 4.98 Å². The van der Waals surface area contributed by atoms with Gasteiger partial charge in [-0.05, 0) is 23.8 Å². The van der Waals surface area contributed by atoms with Crippen LogP contribution in [0.3, 0.4) is 0 Å². The molecule has 0 fully saturated rings. The van der Waals surface area contributed by atoms with Gasteiger partial charge in [0, 0.05) is 30.6 Å². The Morgan fingerprint density at radius 1 is 1.24 bits per heavy atom. The Balaban J connectivity index is 2.06. The molecule has 0 radical (unpaired) electrons. The Hall–Kier alpha value is -1.94. The minimum atomic E-state index is -0.594. The van der Waals surface area contributed by atoms with Crippen LogP contribution in [0.2, 0.25) is 0 Å². The molecule has 4 heteroatoms. The number of aliphatic hydroxyl groups is 1. The first-order valence-electron chi connectivity index (χ1n) is 5.37. The second-order valence-electron chi connectivity index (χ2n) is 3.67. The van der Waals surface area contributed by atoms with Gasteiger partial charge in [-0.15, -0.1) is 0 Å². The van der Waals surface area contributed by atoms with Gasteiger partial charge in [-0.25, -0.2) is 4.98 Å². The lowest BCUT2D eigenvalue weighted by Crippen LogP contribution is -2.03. The number of nitrogens with zero attached hydrogens (tertiary/aromatic N) is 2. The molecule has 0 aliphatic carbocycles. The molecule has 17 heavy (non-hydrogen) atoms. The van der Waals surface area contributed by atoms with Crippen molar-refractivity contribution in [2.75, 3.05) is 7.11 Å². The zero-order chi connectivity index (χ0) is 12.1. The van der Waals surface area contributed by atoms with Gasteiger partial charge < -0.3 is 9.84 Å². The molecule has 0 aliphatic heterocycles. The molecule has 0 saturated heterocycles. The van der Waals surface area contributed by atoms with Gasteiger partial charge in [0.05, 0.1) is 13.2 Å². The van der Waals surface area contributed by atoms with E-state index >= 15 is 0 Å². The molecule has 0 amide bonds. The molecular weight excluding hydrogens is 216 g/mol. The third kappa shape index (κ3) is 3.01. The lowest BCUT2D eigenvalue weighted by Gasteiger charge is -2.10. The predicted octanol–water partition coefficient (Wildman–Crippen LogP) is 1.76. The molecule has 2 aromatic heterocycles. The lowest BCUT2D eigenvalue weighted by atomic mass is 10.1. The van der Waals surface area contributed by atoms with E-state index in [1.807, 2.05) is 18.2 Å². The molecule has 2 rings (SSSR count). The monoisotopic (exact) mass is 230 g/mol. The smallest absolute Gasteiger partial charge is 0.212 e. The highest BCUT2D eigenvalue weighted by Crippen LogP contribution is 2.18. The van der Waals surface area contributed by atoms with E-state index in [-0.39, 0.29) is 0 Å². The third-order valence-electron chi connectivity index (χ3n) is 2.48. The van der Waals surface area contributed by atoms with Gasteiger partial charge in [0.2, 0.25) is 5.88 Å². The van der Waals surface area contributed by atoms with E-state index < -0.39 is 6.10 Å². The van der Waals surface area contributed by atoms with Crippen LogP contribution in [0.4, 0.5) is 0 Å². The highest BCUT2D eigenvalue weighted by molar-refractivity contribution is 5.21. The molecule has 1 N–H and O–H groups in total. The van der Waals surface area contributed by atoms with Crippen molar-refractivity contribution < 1.29 is 9.84 Å². The lowest BCUT2D eigenvalue weighted by molar-refractivity contribution is 0.176. The van der Waals surface area contributed by atoms with Crippen LogP contribution >= 0.6 is 0 Å². The molecular formula is C13H14N2O2. The summed E-state index contributed by atoms with van der Waals surface area (Å²) in [5.74, 6) is 0.541. The summed E-state index contributed by atoms with van der Waals surface area (Å²) in [6.45, 7) is 0. The number of methoxy groups -OCH3 is 1. The fraction of sp³-hybridized carbons (Fsp3) is 0.231. The van der Waals surface area contributed by atoms with Crippen molar-refractivity contribution in [3.05, 3.63) is 54.0 Å². The van der Waals surface area contributed by atoms with Crippen LogP contribution in [0.5, 0.6) is 5.88 Å². The maximum Gasteiger partial charge on any atom is 0.212 e. The minimum Gasteiger partial charge on any atom is -0.481 e. The summed E-state index contributed by atoms with van der Waals surface area (Å²) in [4.78, 5) is 8.23. The number of hydrogen-bond donors (Lipinski definition) is 1. The van der Waals surface area contributed by atoms with E-state index in [9.17, 15) is 5.11 Å². The van der Waals surface area contributed by atoms with Crippen molar-refractivity contribution in [2.45, 2.75) is 12.5 Å². The van der Waals surface area contributed by atoms with Crippen LogP contribution in [0.1, 0.15) is 17.4 Å². The van der Waals surface area contributed by atoms with Crippen molar-refractivity contribution in [1.82, 2.24) is 9.97 Å². The summed E-state index contributed by atoms with van der Waals surface area (Å²) in [5.41, 5.74) is 1.62. The summed E-state index contributed by atoms with van der Waals surface area (Å²) in [6, 6.07) is 9.18. The first-order valence-corrected chi connectivity index (χ1v) is 5.37. The Bertz CT molecular complexity index is 457. The normalized spacial score (nSPS) is 12.1. The molecule has 88 valence electrons. The summed E-state index contributed by atoms with van der Waals surface area (Å²) in [6.07, 6.45) is 3.22. The van der Waals surface area contributed by atoms with Gasteiger partial charge >= 0.3 is 0 Å². The molecule has 4 nitrogen and oxygen atoms in total. The second kappa shape index (κ2) is 5.41. The van der Waals surface area contributed by atoms with E-state index in [4.69, 9.17) is 4.74 Å². The summed E-state index contributed by atoms with van der Waals surface area (Å²) >= 11 is 0. The fourth-order valence-electron chi connectivity index (χ4n) is 1.54. The summed E-state index contributed by atoms with van der Waals surface area (Å²) in [7, 11) is 1.56. The van der Waals surface area contributed by atoms with Crippen LogP contribution in [0, 0.1) is 0 Å². The number of aromatic nitrogens is 2. The van der Waals surface area contributed by atoms with Crippen LogP contribution in [0.15, 0.2) is 42.7 Å². The molecule has 0 aliphatic rings. The van der Waals surface area contributed by atoms with Crippen molar-refractivity contribution in [1.29, 1.82) is 0 Å². The van der Waals surface area contributed by atoms with Gasteiger partial charge in [-0.2, -0.15) is 0 Å². The van der Waals surface area contributed by atoms with Crippen LogP contribution in [0.25, 0.3) is 0 Å². The molecule has 0 aromatic carbocycles. The summed E-state index contributed by atoms with van der Waals surface area (Å²) in [5, 5.41) is 10.0. The van der Waals surface area contributed by atoms with Crippen LogP contribution in [-0.2, 0) is 6.42 Å². The highest BCUT2D eigenvalue weighted by Gasteiger charge is 2.09. The standard InChI is InChI=1S/C13H14N2O2/c1-17-13-6-5-10(9-15-13)12(16)8-11-4-2-3-7-14-11/h2-7,9,12,16H,8H2,1H3. The quantitative estimate of drug-likeness (QED) is 0.869. The van der Waals surface area contributed by atoms with E-state index in [1.54, 1.807) is 31.6 Å². The molecule has 1 unspecified atom stereocenters.